The molecule has 1 heterocycles. The largest absolute Gasteiger partial charge is 0.339 e. The first-order valence-electron chi connectivity index (χ1n) is 7.67. The average Bonchev–Trinajstić information content (AvgIpc) is 2.88. The molecule has 1 aliphatic heterocycles. The molecule has 2 unspecified atom stereocenters. The van der Waals surface area contributed by atoms with Crippen molar-refractivity contribution >= 4 is 5.91 Å². The molecule has 1 aromatic rings. The minimum atomic E-state index is -0.0273. The maximum absolute atomic E-state index is 12.4. The van der Waals surface area contributed by atoms with Gasteiger partial charge in [0, 0.05) is 25.0 Å². The Kier molecular flexibility index (Phi) is 5.18. The predicted molar refractivity (Wildman–Crippen MR) is 82.3 cm³/mol. The van der Waals surface area contributed by atoms with Gasteiger partial charge in [0.05, 0.1) is 0 Å². The highest BCUT2D eigenvalue weighted by molar-refractivity contribution is 5.77. The predicted octanol–water partition coefficient (Wildman–Crippen LogP) is 2.59. The first kappa shape index (κ1) is 15.0. The summed E-state index contributed by atoms with van der Waals surface area (Å²) in [6.45, 7) is 5.04. The second kappa shape index (κ2) is 6.89. The van der Waals surface area contributed by atoms with Gasteiger partial charge in [0.15, 0.2) is 0 Å². The number of rotatable bonds is 5. The maximum Gasteiger partial charge on any atom is 0.224 e. The van der Waals surface area contributed by atoms with Gasteiger partial charge in [0.25, 0.3) is 0 Å². The number of likely N-dealkylation sites (tertiary alicyclic amines) is 1. The molecule has 110 valence electrons. The van der Waals surface area contributed by atoms with Crippen LogP contribution in [-0.4, -0.2) is 29.4 Å². The fourth-order valence-electron chi connectivity index (χ4n) is 2.82. The number of nitrogens with zero attached hydrogens (tertiary/aromatic N) is 1. The summed E-state index contributed by atoms with van der Waals surface area (Å²) in [6, 6.07) is 10.8. The van der Waals surface area contributed by atoms with Crippen molar-refractivity contribution in [2.45, 2.75) is 51.6 Å². The van der Waals surface area contributed by atoms with Crippen LogP contribution in [0.3, 0.4) is 0 Å². The number of amides is 1. The van der Waals surface area contributed by atoms with E-state index in [0.717, 1.165) is 25.8 Å². The van der Waals surface area contributed by atoms with E-state index in [1.807, 2.05) is 6.07 Å². The first-order chi connectivity index (χ1) is 9.58. The van der Waals surface area contributed by atoms with E-state index >= 15 is 0 Å². The second-order valence-electron chi connectivity index (χ2n) is 6.18. The lowest BCUT2D eigenvalue weighted by atomic mass is 10.0. The molecule has 20 heavy (non-hydrogen) atoms. The minimum Gasteiger partial charge on any atom is -0.339 e. The van der Waals surface area contributed by atoms with Gasteiger partial charge in [0.2, 0.25) is 5.91 Å². The maximum atomic E-state index is 12.4. The number of carbonyl (C=O) groups excluding carboxylic acids is 1. The van der Waals surface area contributed by atoms with E-state index in [1.54, 1.807) is 0 Å². The molecular weight excluding hydrogens is 248 g/mol. The number of benzene rings is 1. The lowest BCUT2D eigenvalue weighted by Crippen LogP contribution is -2.41. The quantitative estimate of drug-likeness (QED) is 0.897. The van der Waals surface area contributed by atoms with Crippen molar-refractivity contribution in [1.29, 1.82) is 0 Å². The van der Waals surface area contributed by atoms with E-state index in [0.29, 0.717) is 18.4 Å². The summed E-state index contributed by atoms with van der Waals surface area (Å²) in [6.07, 6.45) is 3.66. The Morgan fingerprint density at radius 3 is 2.70 bits per heavy atom. The van der Waals surface area contributed by atoms with Crippen LogP contribution in [0.4, 0.5) is 0 Å². The molecule has 1 amide bonds. The van der Waals surface area contributed by atoms with Crippen LogP contribution >= 0.6 is 0 Å². The molecule has 1 fully saturated rings. The summed E-state index contributed by atoms with van der Waals surface area (Å²) in [5.74, 6) is 0.582. The van der Waals surface area contributed by atoms with Crippen molar-refractivity contribution in [3.05, 3.63) is 35.9 Å². The molecule has 2 N–H and O–H groups in total. The highest BCUT2D eigenvalue weighted by Crippen LogP contribution is 2.22. The SMILES string of the molecule is CC(C)C(N)CC(=O)N1CCCC1Cc1ccccc1. The molecule has 0 bridgehead atoms. The molecule has 2 atom stereocenters. The van der Waals surface area contributed by atoms with Gasteiger partial charge in [-0.1, -0.05) is 44.2 Å². The summed E-state index contributed by atoms with van der Waals surface area (Å²) < 4.78 is 0. The fraction of sp³-hybridized carbons (Fsp3) is 0.588. The summed E-state index contributed by atoms with van der Waals surface area (Å²) >= 11 is 0. The first-order valence-corrected chi connectivity index (χ1v) is 7.67. The van der Waals surface area contributed by atoms with Crippen molar-refractivity contribution < 1.29 is 4.79 Å². The Bertz CT molecular complexity index is 430. The number of carbonyl (C=O) groups is 1. The zero-order valence-corrected chi connectivity index (χ0v) is 12.6. The van der Waals surface area contributed by atoms with Crippen LogP contribution in [0.1, 0.15) is 38.7 Å². The van der Waals surface area contributed by atoms with Gasteiger partial charge >= 0.3 is 0 Å². The van der Waals surface area contributed by atoms with Gasteiger partial charge in [0.1, 0.15) is 0 Å². The molecule has 3 nitrogen and oxygen atoms in total. The average molecular weight is 274 g/mol. The summed E-state index contributed by atoms with van der Waals surface area (Å²) in [7, 11) is 0. The topological polar surface area (TPSA) is 46.3 Å². The molecule has 0 saturated carbocycles. The van der Waals surface area contributed by atoms with Crippen LogP contribution < -0.4 is 5.73 Å². The monoisotopic (exact) mass is 274 g/mol. The lowest BCUT2D eigenvalue weighted by molar-refractivity contribution is -0.132. The molecule has 1 aromatic carbocycles. The van der Waals surface area contributed by atoms with E-state index in [1.165, 1.54) is 5.56 Å². The molecule has 0 spiro atoms. The number of nitrogens with two attached hydrogens (primary N) is 1. The van der Waals surface area contributed by atoms with Crippen LogP contribution in [0.2, 0.25) is 0 Å². The van der Waals surface area contributed by atoms with Crippen molar-refractivity contribution in [1.82, 2.24) is 4.90 Å². The van der Waals surface area contributed by atoms with Crippen LogP contribution in [0.5, 0.6) is 0 Å². The van der Waals surface area contributed by atoms with Crippen molar-refractivity contribution in [3.63, 3.8) is 0 Å². The molecule has 1 aliphatic rings. The van der Waals surface area contributed by atoms with Gasteiger partial charge in [-0.05, 0) is 30.7 Å². The number of hydrogen-bond acceptors (Lipinski definition) is 2. The zero-order valence-electron chi connectivity index (χ0n) is 12.6. The Morgan fingerprint density at radius 1 is 1.35 bits per heavy atom. The summed E-state index contributed by atoms with van der Waals surface area (Å²) in [4.78, 5) is 14.5. The van der Waals surface area contributed by atoms with Crippen molar-refractivity contribution in [2.24, 2.45) is 11.7 Å². The molecule has 3 heteroatoms. The molecule has 0 aromatic heterocycles. The van der Waals surface area contributed by atoms with Gasteiger partial charge in [-0.2, -0.15) is 0 Å². The molecule has 2 rings (SSSR count). The smallest absolute Gasteiger partial charge is 0.224 e. The summed E-state index contributed by atoms with van der Waals surface area (Å²) in [5.41, 5.74) is 7.35. The third-order valence-corrected chi connectivity index (χ3v) is 4.28. The van der Waals surface area contributed by atoms with Gasteiger partial charge in [-0.3, -0.25) is 4.79 Å². The number of hydrogen-bond donors (Lipinski definition) is 1. The van der Waals surface area contributed by atoms with E-state index in [-0.39, 0.29) is 11.9 Å². The van der Waals surface area contributed by atoms with E-state index < -0.39 is 0 Å². The molecule has 0 aliphatic carbocycles. The third-order valence-electron chi connectivity index (χ3n) is 4.28. The normalized spacial score (nSPS) is 20.4. The van der Waals surface area contributed by atoms with Crippen LogP contribution in [-0.2, 0) is 11.2 Å². The Hall–Kier alpha value is -1.35. The fourth-order valence-corrected chi connectivity index (χ4v) is 2.82. The van der Waals surface area contributed by atoms with Gasteiger partial charge in [-0.15, -0.1) is 0 Å². The zero-order chi connectivity index (χ0) is 14.5. The molecule has 0 radical (unpaired) electrons. The van der Waals surface area contributed by atoms with E-state index in [4.69, 9.17) is 5.73 Å². The lowest BCUT2D eigenvalue weighted by Gasteiger charge is -2.27. The molecular formula is C17H26N2O. The van der Waals surface area contributed by atoms with Gasteiger partial charge < -0.3 is 10.6 Å². The highest BCUT2D eigenvalue weighted by Gasteiger charge is 2.29. The highest BCUT2D eigenvalue weighted by atomic mass is 16.2. The second-order valence-corrected chi connectivity index (χ2v) is 6.18. The van der Waals surface area contributed by atoms with Crippen molar-refractivity contribution in [3.8, 4) is 0 Å². The summed E-state index contributed by atoms with van der Waals surface area (Å²) in [5, 5.41) is 0. The van der Waals surface area contributed by atoms with E-state index in [9.17, 15) is 4.79 Å². The Morgan fingerprint density at radius 2 is 2.05 bits per heavy atom. The van der Waals surface area contributed by atoms with Crippen LogP contribution in [0, 0.1) is 5.92 Å². The van der Waals surface area contributed by atoms with Crippen LogP contribution in [0.15, 0.2) is 30.3 Å². The minimum absolute atomic E-state index is 0.0273. The van der Waals surface area contributed by atoms with Crippen LogP contribution in [0.25, 0.3) is 0 Å². The van der Waals surface area contributed by atoms with Gasteiger partial charge in [-0.25, -0.2) is 0 Å². The Balaban J connectivity index is 1.95. The Labute approximate surface area is 122 Å². The molecule has 1 saturated heterocycles. The standard InChI is InChI=1S/C17H26N2O/c1-13(2)16(18)12-17(20)19-10-6-9-15(19)11-14-7-4-3-5-8-14/h3-5,7-8,13,15-16H,6,9-12,18H2,1-2H3. The van der Waals surface area contributed by atoms with E-state index in [2.05, 4.69) is 43.0 Å². The van der Waals surface area contributed by atoms with Crippen molar-refractivity contribution in [2.75, 3.05) is 6.54 Å². The third kappa shape index (κ3) is 3.83.